The van der Waals surface area contributed by atoms with E-state index < -0.39 is 34.8 Å². The molecule has 3 aromatic rings. The van der Waals surface area contributed by atoms with Crippen molar-refractivity contribution in [2.45, 2.75) is 58.1 Å². The number of benzene rings is 2. The predicted molar refractivity (Wildman–Crippen MR) is 145 cm³/mol. The smallest absolute Gasteiger partial charge is 0.323 e. The third kappa shape index (κ3) is 7.36. The van der Waals surface area contributed by atoms with Gasteiger partial charge in [-0.25, -0.2) is 22.9 Å². The van der Waals surface area contributed by atoms with E-state index >= 15 is 0 Å². The molecular weight excluding hydrogens is 529 g/mol. The van der Waals surface area contributed by atoms with Crippen molar-refractivity contribution < 1.29 is 27.5 Å². The normalized spacial score (nSPS) is 15.6. The van der Waals surface area contributed by atoms with Crippen molar-refractivity contribution in [2.24, 2.45) is 0 Å². The lowest BCUT2D eigenvalue weighted by Crippen LogP contribution is -2.45. The van der Waals surface area contributed by atoms with Gasteiger partial charge in [0.1, 0.15) is 23.1 Å². The van der Waals surface area contributed by atoms with Gasteiger partial charge in [-0.05, 0) is 71.3 Å². The van der Waals surface area contributed by atoms with Gasteiger partial charge in [0.25, 0.3) is 0 Å². The van der Waals surface area contributed by atoms with Crippen LogP contribution in [-0.2, 0) is 9.53 Å². The molecule has 1 fully saturated rings. The van der Waals surface area contributed by atoms with E-state index in [2.05, 4.69) is 20.5 Å². The molecule has 1 unspecified atom stereocenters. The highest BCUT2D eigenvalue weighted by molar-refractivity contribution is 7.15. The molecule has 0 saturated carbocycles. The van der Waals surface area contributed by atoms with Crippen LogP contribution in [0.3, 0.4) is 0 Å². The SMILES string of the molecule is CC(C(=O)OC(C)(C)C)N1CCC(c2ncc(-c3ccc(NC(=O)Nc4c(F)cc(F)cc4F)cc3)s2)CC1. The summed E-state index contributed by atoms with van der Waals surface area (Å²) in [7, 11) is 0. The Morgan fingerprint density at radius 2 is 1.67 bits per heavy atom. The predicted octanol–water partition coefficient (Wildman–Crippen LogP) is 6.78. The summed E-state index contributed by atoms with van der Waals surface area (Å²) >= 11 is 1.61. The molecule has 2 heterocycles. The number of piperidine rings is 1. The minimum atomic E-state index is -1.21. The fourth-order valence-electron chi connectivity index (χ4n) is 4.33. The molecule has 2 aromatic carbocycles. The second-order valence-electron chi connectivity index (χ2n) is 10.5. The fraction of sp³-hybridized carbons (Fsp3) is 0.393. The van der Waals surface area contributed by atoms with E-state index in [9.17, 15) is 22.8 Å². The number of nitrogens with zero attached hydrogens (tertiary/aromatic N) is 2. The number of ether oxygens (including phenoxy) is 1. The van der Waals surface area contributed by atoms with E-state index in [-0.39, 0.29) is 12.0 Å². The second-order valence-corrected chi connectivity index (χ2v) is 11.5. The van der Waals surface area contributed by atoms with Crippen LogP contribution in [0, 0.1) is 17.5 Å². The zero-order valence-corrected chi connectivity index (χ0v) is 23.0. The maximum Gasteiger partial charge on any atom is 0.323 e. The number of halogens is 3. The van der Waals surface area contributed by atoms with Crippen molar-refractivity contribution in [3.05, 3.63) is 65.1 Å². The minimum absolute atomic E-state index is 0.206. The molecule has 208 valence electrons. The quantitative estimate of drug-likeness (QED) is 0.325. The van der Waals surface area contributed by atoms with E-state index in [0.717, 1.165) is 41.4 Å². The topological polar surface area (TPSA) is 83.6 Å². The highest BCUT2D eigenvalue weighted by Crippen LogP contribution is 2.36. The van der Waals surface area contributed by atoms with Crippen molar-refractivity contribution in [3.8, 4) is 10.4 Å². The molecule has 2 N–H and O–H groups in total. The summed E-state index contributed by atoms with van der Waals surface area (Å²) in [5.41, 5.74) is 0.0873. The molecule has 4 rings (SSSR count). The number of hydrogen-bond acceptors (Lipinski definition) is 6. The number of thiazole rings is 1. The first-order valence-corrected chi connectivity index (χ1v) is 13.5. The molecule has 1 aliphatic rings. The Morgan fingerprint density at radius 3 is 2.26 bits per heavy atom. The highest BCUT2D eigenvalue weighted by Gasteiger charge is 2.31. The molecule has 1 aromatic heterocycles. The van der Waals surface area contributed by atoms with Crippen LogP contribution in [0.25, 0.3) is 10.4 Å². The number of likely N-dealkylation sites (tertiary alicyclic amines) is 1. The summed E-state index contributed by atoms with van der Waals surface area (Å²) in [6.07, 6.45) is 3.62. The average Bonchev–Trinajstić information content (AvgIpc) is 3.36. The number of urea groups is 1. The molecule has 11 heteroatoms. The Bertz CT molecular complexity index is 1310. The Morgan fingerprint density at radius 1 is 1.05 bits per heavy atom. The molecular formula is C28H31F3N4O3S. The summed E-state index contributed by atoms with van der Waals surface area (Å²) in [5.74, 6) is -3.38. The first-order valence-electron chi connectivity index (χ1n) is 12.7. The fourth-order valence-corrected chi connectivity index (χ4v) is 5.43. The molecule has 1 saturated heterocycles. The molecule has 0 aliphatic carbocycles. The molecule has 7 nitrogen and oxygen atoms in total. The lowest BCUT2D eigenvalue weighted by atomic mass is 9.96. The van der Waals surface area contributed by atoms with Gasteiger partial charge in [0.2, 0.25) is 0 Å². The number of rotatable bonds is 6. The van der Waals surface area contributed by atoms with E-state index in [4.69, 9.17) is 4.74 Å². The largest absolute Gasteiger partial charge is 0.459 e. The zero-order chi connectivity index (χ0) is 28.3. The molecule has 0 radical (unpaired) electrons. The molecule has 0 bridgehead atoms. The minimum Gasteiger partial charge on any atom is -0.459 e. The maximum atomic E-state index is 13.8. The summed E-state index contributed by atoms with van der Waals surface area (Å²) in [6, 6.07) is 6.80. The highest BCUT2D eigenvalue weighted by atomic mass is 32.1. The van der Waals surface area contributed by atoms with Gasteiger partial charge in [-0.1, -0.05) is 12.1 Å². The van der Waals surface area contributed by atoms with Crippen molar-refractivity contribution in [1.29, 1.82) is 0 Å². The van der Waals surface area contributed by atoms with Gasteiger partial charge < -0.3 is 15.4 Å². The number of esters is 1. The number of carbonyl (C=O) groups excluding carboxylic acids is 2. The molecule has 1 aliphatic heterocycles. The van der Waals surface area contributed by atoms with Gasteiger partial charge in [0, 0.05) is 29.9 Å². The van der Waals surface area contributed by atoms with Crippen molar-refractivity contribution in [1.82, 2.24) is 9.88 Å². The molecule has 0 spiro atoms. The van der Waals surface area contributed by atoms with Crippen LogP contribution in [0.1, 0.15) is 51.5 Å². The summed E-state index contributed by atoms with van der Waals surface area (Å²) in [5, 5.41) is 5.61. The lowest BCUT2D eigenvalue weighted by Gasteiger charge is -2.35. The summed E-state index contributed by atoms with van der Waals surface area (Å²) < 4.78 is 46.1. The van der Waals surface area contributed by atoms with Gasteiger partial charge in [0.15, 0.2) is 11.6 Å². The van der Waals surface area contributed by atoms with Crippen LogP contribution in [-0.4, -0.2) is 46.6 Å². The average molecular weight is 561 g/mol. The van der Waals surface area contributed by atoms with Crippen LogP contribution < -0.4 is 10.6 Å². The Hall–Kier alpha value is -3.44. The number of amides is 2. The number of aromatic nitrogens is 1. The van der Waals surface area contributed by atoms with Crippen LogP contribution in [0.2, 0.25) is 0 Å². The van der Waals surface area contributed by atoms with E-state index in [1.54, 1.807) is 23.5 Å². The van der Waals surface area contributed by atoms with Crippen LogP contribution in [0.4, 0.5) is 29.3 Å². The molecule has 2 amide bonds. The zero-order valence-electron chi connectivity index (χ0n) is 22.2. The van der Waals surface area contributed by atoms with Crippen molar-refractivity contribution in [3.63, 3.8) is 0 Å². The molecule has 39 heavy (non-hydrogen) atoms. The lowest BCUT2D eigenvalue weighted by molar-refractivity contribution is -0.161. The summed E-state index contributed by atoms with van der Waals surface area (Å²) in [4.78, 5) is 32.4. The first kappa shape index (κ1) is 28.6. The molecule has 1 atom stereocenters. The standard InChI is InChI=1S/C28H31F3N4O3S/c1-16(26(36)38-28(2,3)4)35-11-9-18(10-12-35)25-32-15-23(39-25)17-5-7-20(8-6-17)33-27(37)34-24-21(30)13-19(29)14-22(24)31/h5-8,13-16,18H,9-12H2,1-4H3,(H2,33,34,37). The summed E-state index contributed by atoms with van der Waals surface area (Å²) in [6.45, 7) is 9.06. The third-order valence-electron chi connectivity index (χ3n) is 6.37. The second kappa shape index (κ2) is 11.7. The maximum absolute atomic E-state index is 13.8. The number of hydrogen-bond donors (Lipinski definition) is 2. The van der Waals surface area contributed by atoms with E-state index in [1.165, 1.54) is 0 Å². The Balaban J connectivity index is 1.31. The van der Waals surface area contributed by atoms with Gasteiger partial charge in [-0.3, -0.25) is 9.69 Å². The van der Waals surface area contributed by atoms with Crippen molar-refractivity contribution in [2.75, 3.05) is 23.7 Å². The Kier molecular flexibility index (Phi) is 8.60. The van der Waals surface area contributed by atoms with E-state index in [0.29, 0.717) is 23.7 Å². The van der Waals surface area contributed by atoms with Crippen molar-refractivity contribution >= 4 is 34.7 Å². The third-order valence-corrected chi connectivity index (χ3v) is 7.58. The van der Waals surface area contributed by atoms with Crippen LogP contribution in [0.5, 0.6) is 0 Å². The van der Waals surface area contributed by atoms with Gasteiger partial charge in [0.05, 0.1) is 9.88 Å². The van der Waals surface area contributed by atoms with Gasteiger partial charge in [-0.2, -0.15) is 0 Å². The van der Waals surface area contributed by atoms with Gasteiger partial charge >= 0.3 is 12.0 Å². The van der Waals surface area contributed by atoms with Crippen LogP contribution in [0.15, 0.2) is 42.6 Å². The number of anilines is 2. The monoisotopic (exact) mass is 560 g/mol. The van der Waals surface area contributed by atoms with E-state index in [1.807, 2.05) is 46.0 Å². The Labute approximate surface area is 229 Å². The number of carbonyl (C=O) groups is 2. The first-order chi connectivity index (χ1) is 18.4. The van der Waals surface area contributed by atoms with Crippen LogP contribution >= 0.6 is 11.3 Å². The van der Waals surface area contributed by atoms with Gasteiger partial charge in [-0.15, -0.1) is 11.3 Å². The number of nitrogens with one attached hydrogen (secondary N) is 2.